The quantitative estimate of drug-likeness (QED) is 0.412. The molecule has 1 atom stereocenters. The molecule has 0 amide bonds. The first kappa shape index (κ1) is 20.0. The molecule has 5 nitrogen and oxygen atoms in total. The smallest absolute Gasteiger partial charge is 0.191 e. The van der Waals surface area contributed by atoms with Gasteiger partial charge in [0.2, 0.25) is 0 Å². The van der Waals surface area contributed by atoms with Gasteiger partial charge in [0.15, 0.2) is 5.96 Å². The highest BCUT2D eigenvalue weighted by Gasteiger charge is 2.19. The minimum absolute atomic E-state index is 0. The SMILES string of the molecule is CCNC(=NCc1ccccc1OC)NCC1CCN(C)C1.I. The maximum absolute atomic E-state index is 5.38. The van der Waals surface area contributed by atoms with Crippen LogP contribution in [0.15, 0.2) is 29.3 Å². The molecular formula is C17H29IN4O. The molecule has 0 spiro atoms. The second kappa shape index (κ2) is 10.7. The number of guanidine groups is 1. The molecule has 0 saturated carbocycles. The van der Waals surface area contributed by atoms with Crippen LogP contribution in [0.25, 0.3) is 0 Å². The van der Waals surface area contributed by atoms with E-state index < -0.39 is 0 Å². The molecular weight excluding hydrogens is 403 g/mol. The summed E-state index contributed by atoms with van der Waals surface area (Å²) in [6.45, 7) is 6.90. The number of likely N-dealkylation sites (tertiary alicyclic amines) is 1. The van der Waals surface area contributed by atoms with Crippen molar-refractivity contribution in [1.82, 2.24) is 15.5 Å². The molecule has 130 valence electrons. The Balaban J connectivity index is 0.00000264. The van der Waals surface area contributed by atoms with Crippen LogP contribution in [0, 0.1) is 5.92 Å². The molecule has 23 heavy (non-hydrogen) atoms. The van der Waals surface area contributed by atoms with E-state index in [4.69, 9.17) is 4.74 Å². The van der Waals surface area contributed by atoms with Crippen molar-refractivity contribution in [2.45, 2.75) is 19.9 Å². The van der Waals surface area contributed by atoms with Crippen molar-refractivity contribution in [3.05, 3.63) is 29.8 Å². The Kier molecular flexibility index (Phi) is 9.31. The number of benzene rings is 1. The Hall–Kier alpha value is -1.02. The highest BCUT2D eigenvalue weighted by Crippen LogP contribution is 2.18. The van der Waals surface area contributed by atoms with Gasteiger partial charge in [-0.25, -0.2) is 4.99 Å². The largest absolute Gasteiger partial charge is 0.496 e. The number of hydrogen-bond donors (Lipinski definition) is 2. The van der Waals surface area contributed by atoms with Gasteiger partial charge in [0.1, 0.15) is 5.75 Å². The predicted molar refractivity (Wildman–Crippen MR) is 107 cm³/mol. The number of nitrogens with zero attached hydrogens (tertiary/aromatic N) is 2. The molecule has 1 aromatic carbocycles. The summed E-state index contributed by atoms with van der Waals surface area (Å²) in [5.74, 6) is 2.47. The summed E-state index contributed by atoms with van der Waals surface area (Å²) < 4.78 is 5.38. The van der Waals surface area contributed by atoms with Crippen LogP contribution in [0.4, 0.5) is 0 Å². The Morgan fingerprint density at radius 1 is 1.35 bits per heavy atom. The van der Waals surface area contributed by atoms with Crippen molar-refractivity contribution in [2.75, 3.05) is 40.3 Å². The van der Waals surface area contributed by atoms with Gasteiger partial charge < -0.3 is 20.3 Å². The normalized spacial score (nSPS) is 18.4. The lowest BCUT2D eigenvalue weighted by atomic mass is 10.1. The molecule has 1 aliphatic rings. The van der Waals surface area contributed by atoms with Gasteiger partial charge >= 0.3 is 0 Å². The fourth-order valence-corrected chi connectivity index (χ4v) is 2.77. The van der Waals surface area contributed by atoms with E-state index in [1.807, 2.05) is 18.2 Å². The third-order valence-corrected chi connectivity index (χ3v) is 3.99. The number of rotatable bonds is 6. The lowest BCUT2D eigenvalue weighted by Crippen LogP contribution is -2.40. The molecule has 1 aromatic rings. The van der Waals surface area contributed by atoms with Crippen molar-refractivity contribution in [3.63, 3.8) is 0 Å². The average Bonchev–Trinajstić information content (AvgIpc) is 2.96. The molecule has 1 fully saturated rings. The van der Waals surface area contributed by atoms with Gasteiger partial charge in [-0.1, -0.05) is 18.2 Å². The van der Waals surface area contributed by atoms with Gasteiger partial charge in [-0.05, 0) is 38.9 Å². The van der Waals surface area contributed by atoms with Crippen LogP contribution in [-0.4, -0.2) is 51.2 Å². The zero-order valence-corrected chi connectivity index (χ0v) is 16.7. The monoisotopic (exact) mass is 432 g/mol. The van der Waals surface area contributed by atoms with E-state index in [1.54, 1.807) is 7.11 Å². The molecule has 6 heteroatoms. The second-order valence-corrected chi connectivity index (χ2v) is 5.80. The third-order valence-electron chi connectivity index (χ3n) is 3.99. The average molecular weight is 432 g/mol. The molecule has 2 N–H and O–H groups in total. The molecule has 0 bridgehead atoms. The number of nitrogens with one attached hydrogen (secondary N) is 2. The Labute approximate surface area is 156 Å². The molecule has 1 saturated heterocycles. The fraction of sp³-hybridized carbons (Fsp3) is 0.588. The summed E-state index contributed by atoms with van der Waals surface area (Å²) in [6.07, 6.45) is 1.26. The van der Waals surface area contributed by atoms with Crippen molar-refractivity contribution in [2.24, 2.45) is 10.9 Å². The van der Waals surface area contributed by atoms with Crippen molar-refractivity contribution >= 4 is 29.9 Å². The van der Waals surface area contributed by atoms with Crippen LogP contribution in [-0.2, 0) is 6.54 Å². The molecule has 1 aliphatic heterocycles. The molecule has 1 unspecified atom stereocenters. The Morgan fingerprint density at radius 3 is 2.78 bits per heavy atom. The van der Waals surface area contributed by atoms with E-state index >= 15 is 0 Å². The van der Waals surface area contributed by atoms with E-state index in [2.05, 4.69) is 40.6 Å². The summed E-state index contributed by atoms with van der Waals surface area (Å²) >= 11 is 0. The zero-order chi connectivity index (χ0) is 15.8. The number of aliphatic imine (C=N–C) groups is 1. The maximum Gasteiger partial charge on any atom is 0.191 e. The van der Waals surface area contributed by atoms with Gasteiger partial charge in [-0.15, -0.1) is 24.0 Å². The van der Waals surface area contributed by atoms with Crippen LogP contribution >= 0.6 is 24.0 Å². The van der Waals surface area contributed by atoms with Crippen LogP contribution < -0.4 is 15.4 Å². The van der Waals surface area contributed by atoms with Gasteiger partial charge in [-0.2, -0.15) is 0 Å². The topological polar surface area (TPSA) is 48.9 Å². The van der Waals surface area contributed by atoms with Gasteiger partial charge in [-0.3, -0.25) is 0 Å². The number of methoxy groups -OCH3 is 1. The summed E-state index contributed by atoms with van der Waals surface area (Å²) in [5.41, 5.74) is 1.10. The fourth-order valence-electron chi connectivity index (χ4n) is 2.77. The molecule has 0 aliphatic carbocycles. The number of halogens is 1. The van der Waals surface area contributed by atoms with Crippen molar-refractivity contribution in [1.29, 1.82) is 0 Å². The first-order chi connectivity index (χ1) is 10.7. The van der Waals surface area contributed by atoms with Gasteiger partial charge in [0.25, 0.3) is 0 Å². The molecule has 0 aromatic heterocycles. The van der Waals surface area contributed by atoms with Crippen molar-refractivity contribution < 1.29 is 4.74 Å². The third kappa shape index (κ3) is 6.55. The van der Waals surface area contributed by atoms with Crippen LogP contribution in [0.3, 0.4) is 0 Å². The lowest BCUT2D eigenvalue weighted by molar-refractivity contribution is 0.394. The van der Waals surface area contributed by atoms with E-state index in [0.29, 0.717) is 12.5 Å². The highest BCUT2D eigenvalue weighted by atomic mass is 127. The number of ether oxygens (including phenoxy) is 1. The molecule has 0 radical (unpaired) electrons. The first-order valence-corrected chi connectivity index (χ1v) is 8.05. The minimum atomic E-state index is 0. The Morgan fingerprint density at radius 2 is 2.13 bits per heavy atom. The molecule has 1 heterocycles. The number of para-hydroxylation sites is 1. The summed E-state index contributed by atoms with van der Waals surface area (Å²) in [6, 6.07) is 8.02. The van der Waals surface area contributed by atoms with Crippen LogP contribution in [0.1, 0.15) is 18.9 Å². The minimum Gasteiger partial charge on any atom is -0.496 e. The highest BCUT2D eigenvalue weighted by molar-refractivity contribution is 14.0. The van der Waals surface area contributed by atoms with E-state index in [-0.39, 0.29) is 24.0 Å². The van der Waals surface area contributed by atoms with Crippen LogP contribution in [0.5, 0.6) is 5.75 Å². The van der Waals surface area contributed by atoms with E-state index in [9.17, 15) is 0 Å². The lowest BCUT2D eigenvalue weighted by Gasteiger charge is -2.15. The molecule has 2 rings (SSSR count). The second-order valence-electron chi connectivity index (χ2n) is 5.80. The predicted octanol–water partition coefficient (Wildman–Crippen LogP) is 2.32. The summed E-state index contributed by atoms with van der Waals surface area (Å²) in [7, 11) is 3.88. The van der Waals surface area contributed by atoms with Crippen LogP contribution in [0.2, 0.25) is 0 Å². The maximum atomic E-state index is 5.38. The summed E-state index contributed by atoms with van der Waals surface area (Å²) in [5, 5.41) is 6.77. The standard InChI is InChI=1S/C17H28N4O.HI/c1-4-18-17(19-11-14-9-10-21(2)13-14)20-12-15-7-5-6-8-16(15)22-3;/h5-8,14H,4,9-13H2,1-3H3,(H2,18,19,20);1H. The number of hydrogen-bond acceptors (Lipinski definition) is 3. The Bertz CT molecular complexity index is 495. The van der Waals surface area contributed by atoms with Gasteiger partial charge in [0, 0.05) is 25.2 Å². The zero-order valence-electron chi connectivity index (χ0n) is 14.3. The first-order valence-electron chi connectivity index (χ1n) is 8.05. The van der Waals surface area contributed by atoms with Gasteiger partial charge in [0.05, 0.1) is 13.7 Å². The summed E-state index contributed by atoms with van der Waals surface area (Å²) in [4.78, 5) is 7.05. The van der Waals surface area contributed by atoms with E-state index in [1.165, 1.54) is 19.5 Å². The van der Waals surface area contributed by atoms with Crippen molar-refractivity contribution in [3.8, 4) is 5.75 Å². The van der Waals surface area contributed by atoms with E-state index in [0.717, 1.165) is 30.4 Å².